The van der Waals surface area contributed by atoms with Crippen molar-refractivity contribution >= 4 is 36.0 Å². The summed E-state index contributed by atoms with van der Waals surface area (Å²) in [6.45, 7) is 4.60. The van der Waals surface area contributed by atoms with Crippen molar-refractivity contribution in [1.29, 1.82) is 0 Å². The fourth-order valence-electron chi connectivity index (χ4n) is 3.29. The largest absolute Gasteiger partial charge is 0.469 e. The fraction of sp³-hybridized carbons (Fsp3) is 0.455. The van der Waals surface area contributed by atoms with E-state index in [-0.39, 0.29) is 41.9 Å². The highest BCUT2D eigenvalue weighted by molar-refractivity contribution is 14.0. The highest BCUT2D eigenvalue weighted by Gasteiger charge is 2.24. The van der Waals surface area contributed by atoms with Gasteiger partial charge in [0.1, 0.15) is 11.6 Å². The van der Waals surface area contributed by atoms with Gasteiger partial charge in [0.25, 0.3) is 0 Å². The number of carbonyl (C=O) groups is 1. The van der Waals surface area contributed by atoms with E-state index in [1.54, 1.807) is 23.3 Å². The van der Waals surface area contributed by atoms with Gasteiger partial charge in [-0.2, -0.15) is 0 Å². The molecule has 1 fully saturated rings. The van der Waals surface area contributed by atoms with Crippen LogP contribution in [-0.4, -0.2) is 49.2 Å². The Morgan fingerprint density at radius 3 is 2.65 bits per heavy atom. The molecule has 2 N–H and O–H groups in total. The number of ether oxygens (including phenoxy) is 1. The molecule has 31 heavy (non-hydrogen) atoms. The lowest BCUT2D eigenvalue weighted by atomic mass is 10.1. The molecule has 0 atom stereocenters. The van der Waals surface area contributed by atoms with E-state index in [1.165, 1.54) is 12.1 Å². The molecule has 1 aromatic carbocycles. The van der Waals surface area contributed by atoms with Crippen molar-refractivity contribution in [2.75, 3.05) is 26.2 Å². The maximum absolute atomic E-state index is 13.1. The molecule has 1 aliphatic rings. The van der Waals surface area contributed by atoms with Crippen LogP contribution in [0.3, 0.4) is 0 Å². The minimum atomic E-state index is -0.258. The van der Waals surface area contributed by atoms with Crippen LogP contribution in [0.15, 0.2) is 52.1 Å². The van der Waals surface area contributed by atoms with Gasteiger partial charge in [0.2, 0.25) is 0 Å². The van der Waals surface area contributed by atoms with E-state index in [2.05, 4.69) is 15.6 Å². The van der Waals surface area contributed by atoms with Crippen LogP contribution >= 0.6 is 24.0 Å². The Kier molecular flexibility index (Phi) is 10.6. The van der Waals surface area contributed by atoms with Gasteiger partial charge in [-0.3, -0.25) is 0 Å². The second-order valence-corrected chi connectivity index (χ2v) is 7.15. The Balaban J connectivity index is 0.00000341. The molecule has 0 saturated carbocycles. The Morgan fingerprint density at radius 2 is 2.00 bits per heavy atom. The molecule has 1 aromatic heterocycles. The average Bonchev–Trinajstić information content (AvgIpc) is 3.27. The number of likely N-dealkylation sites (tertiary alicyclic amines) is 1. The molecule has 1 amide bonds. The molecule has 0 unspecified atom stereocenters. The van der Waals surface area contributed by atoms with Crippen molar-refractivity contribution in [3.05, 3.63) is 59.8 Å². The second kappa shape index (κ2) is 13.2. The summed E-state index contributed by atoms with van der Waals surface area (Å²) in [4.78, 5) is 18.3. The Bertz CT molecular complexity index is 807. The Morgan fingerprint density at radius 1 is 1.26 bits per heavy atom. The van der Waals surface area contributed by atoms with Gasteiger partial charge in [-0.25, -0.2) is 14.2 Å². The van der Waals surface area contributed by atoms with E-state index < -0.39 is 0 Å². The smallest absolute Gasteiger partial charge is 0.409 e. The maximum Gasteiger partial charge on any atom is 0.409 e. The van der Waals surface area contributed by atoms with Crippen molar-refractivity contribution in [2.24, 2.45) is 4.99 Å². The monoisotopic (exact) mass is 544 g/mol. The number of carbonyl (C=O) groups excluding carboxylic acids is 1. The summed E-state index contributed by atoms with van der Waals surface area (Å²) in [5, 5.41) is 6.81. The summed E-state index contributed by atoms with van der Waals surface area (Å²) in [5.41, 5.74) is 0.931. The van der Waals surface area contributed by atoms with Gasteiger partial charge in [0, 0.05) is 32.1 Å². The number of hydrogen-bond donors (Lipinski definition) is 2. The van der Waals surface area contributed by atoms with Gasteiger partial charge in [-0.15, -0.1) is 24.0 Å². The number of rotatable bonds is 7. The number of hydrogen-bond acceptors (Lipinski definition) is 4. The Hall–Kier alpha value is -2.30. The van der Waals surface area contributed by atoms with Gasteiger partial charge in [0.15, 0.2) is 5.96 Å². The zero-order valence-corrected chi connectivity index (χ0v) is 20.0. The van der Waals surface area contributed by atoms with Crippen molar-refractivity contribution in [3.8, 4) is 0 Å². The summed E-state index contributed by atoms with van der Waals surface area (Å²) in [6, 6.07) is 10.4. The lowest BCUT2D eigenvalue weighted by molar-refractivity contribution is 0.0963. The number of guanidine groups is 1. The second-order valence-electron chi connectivity index (χ2n) is 7.15. The summed E-state index contributed by atoms with van der Waals surface area (Å²) < 4.78 is 23.6. The zero-order valence-electron chi connectivity index (χ0n) is 17.7. The summed E-state index contributed by atoms with van der Waals surface area (Å²) in [5.74, 6) is 1.34. The first-order chi connectivity index (χ1) is 14.6. The zero-order chi connectivity index (χ0) is 21.2. The Labute approximate surface area is 199 Å². The topological polar surface area (TPSA) is 79.1 Å². The van der Waals surface area contributed by atoms with Crippen LogP contribution in [0, 0.1) is 5.82 Å². The highest BCUT2D eigenvalue weighted by atomic mass is 127. The first-order valence-electron chi connectivity index (χ1n) is 10.4. The molecular weight excluding hydrogens is 514 g/mol. The highest BCUT2D eigenvalue weighted by Crippen LogP contribution is 2.12. The molecule has 3 rings (SSSR count). The number of furan rings is 1. The van der Waals surface area contributed by atoms with Gasteiger partial charge in [-0.1, -0.05) is 12.1 Å². The first-order valence-corrected chi connectivity index (χ1v) is 10.4. The fourth-order valence-corrected chi connectivity index (χ4v) is 3.29. The van der Waals surface area contributed by atoms with Crippen LogP contribution in [0.1, 0.15) is 31.1 Å². The van der Waals surface area contributed by atoms with Crippen molar-refractivity contribution in [3.63, 3.8) is 0 Å². The normalized spacial score (nSPS) is 14.6. The third-order valence-corrected chi connectivity index (χ3v) is 4.94. The van der Waals surface area contributed by atoms with Crippen LogP contribution in [0.25, 0.3) is 0 Å². The summed E-state index contributed by atoms with van der Waals surface area (Å²) in [7, 11) is 0. The quantitative estimate of drug-likeness (QED) is 0.314. The number of aliphatic imine (C=N–C) groups is 1. The van der Waals surface area contributed by atoms with Crippen molar-refractivity contribution < 1.29 is 18.3 Å². The van der Waals surface area contributed by atoms with Gasteiger partial charge >= 0.3 is 6.09 Å². The van der Waals surface area contributed by atoms with Crippen LogP contribution < -0.4 is 10.6 Å². The molecule has 2 heterocycles. The molecule has 1 saturated heterocycles. The van der Waals surface area contributed by atoms with E-state index in [1.807, 2.05) is 19.1 Å². The van der Waals surface area contributed by atoms with E-state index in [0.717, 1.165) is 30.6 Å². The number of nitrogens with zero attached hydrogens (tertiary/aromatic N) is 2. The number of nitrogens with one attached hydrogen (secondary N) is 2. The number of halogens is 2. The molecule has 0 radical (unpaired) electrons. The molecule has 9 heteroatoms. The van der Waals surface area contributed by atoms with E-state index in [0.29, 0.717) is 38.7 Å². The minimum Gasteiger partial charge on any atom is -0.469 e. The predicted octanol–water partition coefficient (Wildman–Crippen LogP) is 3.94. The SMILES string of the molecule is CCOC(=O)N1CCC(NC(=NCc2ccc(F)cc2)NCCc2ccco2)CC1.I. The summed E-state index contributed by atoms with van der Waals surface area (Å²) >= 11 is 0. The average molecular weight is 544 g/mol. The molecule has 0 spiro atoms. The molecule has 2 aromatic rings. The number of benzene rings is 1. The van der Waals surface area contributed by atoms with Crippen LogP contribution in [0.4, 0.5) is 9.18 Å². The standard InChI is InChI=1S/C22H29FN4O3.HI/c1-2-29-22(28)27-13-10-19(11-14-27)26-21(24-12-9-20-4-3-15-30-20)25-16-17-5-7-18(23)8-6-17;/h3-8,15,19H,2,9-14,16H2,1H3,(H2,24,25,26);1H. The summed E-state index contributed by atoms with van der Waals surface area (Å²) in [6.07, 6.45) is 3.78. The van der Waals surface area contributed by atoms with E-state index >= 15 is 0 Å². The first kappa shape index (κ1) is 25.0. The number of amides is 1. The number of piperidine rings is 1. The van der Waals surface area contributed by atoms with Crippen molar-refractivity contribution in [1.82, 2.24) is 15.5 Å². The predicted molar refractivity (Wildman–Crippen MR) is 128 cm³/mol. The van der Waals surface area contributed by atoms with Crippen LogP contribution in [0.2, 0.25) is 0 Å². The maximum atomic E-state index is 13.1. The van der Waals surface area contributed by atoms with Gasteiger partial charge < -0.3 is 24.7 Å². The minimum absolute atomic E-state index is 0. The van der Waals surface area contributed by atoms with Crippen molar-refractivity contribution in [2.45, 2.75) is 38.8 Å². The molecule has 0 aliphatic carbocycles. The molecule has 7 nitrogen and oxygen atoms in total. The van der Waals surface area contributed by atoms with Crippen LogP contribution in [0.5, 0.6) is 0 Å². The molecule has 1 aliphatic heterocycles. The van der Waals surface area contributed by atoms with E-state index in [4.69, 9.17) is 9.15 Å². The molecule has 170 valence electrons. The lowest BCUT2D eigenvalue weighted by Gasteiger charge is -2.32. The lowest BCUT2D eigenvalue weighted by Crippen LogP contribution is -2.50. The van der Waals surface area contributed by atoms with E-state index in [9.17, 15) is 9.18 Å². The molecule has 0 bridgehead atoms. The molecular formula is C22H30FIN4O3. The third kappa shape index (κ3) is 8.39. The van der Waals surface area contributed by atoms with Crippen LogP contribution in [-0.2, 0) is 17.7 Å². The van der Waals surface area contributed by atoms with Gasteiger partial charge in [0.05, 0.1) is 19.4 Å². The van der Waals surface area contributed by atoms with Gasteiger partial charge in [-0.05, 0) is 49.6 Å². The third-order valence-electron chi connectivity index (χ3n) is 4.94.